The number of anilines is 1. The Morgan fingerprint density at radius 1 is 1.18 bits per heavy atom. The standard InChI is InChI=1S/C27H37N7O5/c1-18-22(23(25(35)36)39-26(2,3)4)24-32-10-8-27(5,9-11-32)38-13-7-6-12-37-17-20-16-33(31-29-20)15-19-14-21(28-18)34(24)30-19/h6-7,14,16,23H,8-13,15,17H2,1-5H3,(H,35,36)/t23-/m0/s1. The van der Waals surface area contributed by atoms with Crippen LogP contribution in [0.5, 0.6) is 0 Å². The minimum absolute atomic E-state index is 0.299. The van der Waals surface area contributed by atoms with E-state index >= 15 is 0 Å². The van der Waals surface area contributed by atoms with Gasteiger partial charge in [0.15, 0.2) is 11.8 Å². The SMILES string of the molecule is Cc1nc2cc3nn2c(c1[C@H](OC(C)(C)C)C(=O)O)N1CCC(C)(CC1)OCC=CCOCc1cn(nn1)C3. The number of aryl methyl sites for hydroxylation is 1. The molecular weight excluding hydrogens is 502 g/mol. The fourth-order valence-corrected chi connectivity index (χ4v) is 5.04. The molecule has 6 rings (SSSR count). The van der Waals surface area contributed by atoms with Crippen LogP contribution in [-0.2, 0) is 32.2 Å². The van der Waals surface area contributed by atoms with Crippen molar-refractivity contribution in [2.75, 3.05) is 31.2 Å². The van der Waals surface area contributed by atoms with Crippen LogP contribution in [0, 0.1) is 6.92 Å². The van der Waals surface area contributed by atoms with E-state index in [9.17, 15) is 9.90 Å². The molecule has 1 atom stereocenters. The van der Waals surface area contributed by atoms with Crippen LogP contribution >= 0.6 is 0 Å². The second-order valence-corrected chi connectivity index (χ2v) is 11.4. The maximum Gasteiger partial charge on any atom is 0.337 e. The molecule has 6 heterocycles. The van der Waals surface area contributed by atoms with E-state index in [1.165, 1.54) is 0 Å². The number of ether oxygens (including phenoxy) is 3. The predicted octanol–water partition coefficient (Wildman–Crippen LogP) is 3.08. The molecule has 210 valence electrons. The van der Waals surface area contributed by atoms with Gasteiger partial charge in [-0.3, -0.25) is 0 Å². The lowest BCUT2D eigenvalue weighted by molar-refractivity contribution is -0.160. The van der Waals surface area contributed by atoms with Gasteiger partial charge in [0.05, 0.1) is 55.0 Å². The molecule has 1 fully saturated rings. The Morgan fingerprint density at radius 3 is 2.64 bits per heavy atom. The molecular formula is C27H37N7O5. The monoisotopic (exact) mass is 539 g/mol. The van der Waals surface area contributed by atoms with E-state index < -0.39 is 17.7 Å². The molecule has 12 nitrogen and oxygen atoms in total. The van der Waals surface area contributed by atoms with Crippen LogP contribution in [0.2, 0.25) is 0 Å². The molecule has 0 amide bonds. The number of piperidine rings is 1. The summed E-state index contributed by atoms with van der Waals surface area (Å²) >= 11 is 0. The first-order valence-corrected chi connectivity index (χ1v) is 13.3. The first-order valence-electron chi connectivity index (χ1n) is 13.3. The van der Waals surface area contributed by atoms with Gasteiger partial charge in [-0.2, -0.15) is 9.61 Å². The molecule has 39 heavy (non-hydrogen) atoms. The number of nitrogens with zero attached hydrogens (tertiary/aromatic N) is 7. The van der Waals surface area contributed by atoms with Crippen LogP contribution in [-0.4, -0.2) is 78.2 Å². The van der Waals surface area contributed by atoms with Crippen molar-refractivity contribution < 1.29 is 24.1 Å². The van der Waals surface area contributed by atoms with Crippen LogP contribution < -0.4 is 4.90 Å². The summed E-state index contributed by atoms with van der Waals surface area (Å²) in [6.07, 6.45) is 6.09. The van der Waals surface area contributed by atoms with Crippen molar-refractivity contribution in [2.45, 2.75) is 77.9 Å². The zero-order valence-corrected chi connectivity index (χ0v) is 23.3. The zero-order chi connectivity index (χ0) is 27.8. The van der Waals surface area contributed by atoms with E-state index in [-0.39, 0.29) is 5.60 Å². The van der Waals surface area contributed by atoms with Gasteiger partial charge >= 0.3 is 5.97 Å². The Kier molecular flexibility index (Phi) is 7.45. The summed E-state index contributed by atoms with van der Waals surface area (Å²) in [6.45, 7) is 12.5. The average Bonchev–Trinajstić information content (AvgIpc) is 3.47. The highest BCUT2D eigenvalue weighted by Crippen LogP contribution is 2.37. The van der Waals surface area contributed by atoms with Gasteiger partial charge in [-0.25, -0.2) is 14.5 Å². The fourth-order valence-electron chi connectivity index (χ4n) is 5.04. The van der Waals surface area contributed by atoms with Crippen LogP contribution in [0.25, 0.3) is 5.65 Å². The molecule has 1 saturated heterocycles. The third-order valence-corrected chi connectivity index (χ3v) is 7.00. The van der Waals surface area contributed by atoms with Gasteiger partial charge in [0, 0.05) is 24.8 Å². The molecule has 0 aliphatic carbocycles. The highest BCUT2D eigenvalue weighted by Gasteiger charge is 2.37. The van der Waals surface area contributed by atoms with Crippen LogP contribution in [0.4, 0.5) is 5.82 Å². The van der Waals surface area contributed by atoms with Crippen molar-refractivity contribution in [3.05, 3.63) is 47.1 Å². The quantitative estimate of drug-likeness (QED) is 0.496. The van der Waals surface area contributed by atoms with Crippen LogP contribution in [0.1, 0.15) is 69.3 Å². The van der Waals surface area contributed by atoms with Gasteiger partial charge in [0.2, 0.25) is 0 Å². The number of fused-ring (bicyclic) bond motifs is 7. The molecule has 6 bridgehead atoms. The van der Waals surface area contributed by atoms with Crippen LogP contribution in [0.15, 0.2) is 24.4 Å². The van der Waals surface area contributed by atoms with Crippen molar-refractivity contribution in [3.63, 3.8) is 0 Å². The smallest absolute Gasteiger partial charge is 0.337 e. The van der Waals surface area contributed by atoms with Gasteiger partial charge in [-0.05, 0) is 47.5 Å². The Bertz CT molecular complexity index is 1360. The summed E-state index contributed by atoms with van der Waals surface area (Å²) in [5.41, 5.74) is 2.21. The van der Waals surface area contributed by atoms with Gasteiger partial charge in [0.25, 0.3) is 0 Å². The third-order valence-electron chi connectivity index (χ3n) is 7.00. The van der Waals surface area contributed by atoms with E-state index in [2.05, 4.69) is 22.1 Å². The highest BCUT2D eigenvalue weighted by molar-refractivity contribution is 5.78. The number of aliphatic carboxylic acids is 1. The maximum atomic E-state index is 12.6. The minimum Gasteiger partial charge on any atom is -0.479 e. The van der Waals surface area contributed by atoms with E-state index in [0.29, 0.717) is 62.2 Å². The van der Waals surface area contributed by atoms with Crippen molar-refractivity contribution in [1.82, 2.24) is 29.6 Å². The van der Waals surface area contributed by atoms with Crippen molar-refractivity contribution >= 4 is 17.4 Å². The van der Waals surface area contributed by atoms with E-state index in [1.807, 2.05) is 52.1 Å². The number of aromatic nitrogens is 6. The number of rotatable bonds is 3. The molecule has 3 aliphatic rings. The van der Waals surface area contributed by atoms with E-state index in [0.717, 1.165) is 24.2 Å². The maximum absolute atomic E-state index is 12.6. The molecule has 0 unspecified atom stereocenters. The van der Waals surface area contributed by atoms with Crippen molar-refractivity contribution in [1.29, 1.82) is 0 Å². The molecule has 3 aliphatic heterocycles. The molecule has 3 aromatic heterocycles. The summed E-state index contributed by atoms with van der Waals surface area (Å²) in [6, 6.07) is 1.90. The van der Waals surface area contributed by atoms with E-state index in [4.69, 9.17) is 24.3 Å². The Morgan fingerprint density at radius 2 is 1.92 bits per heavy atom. The van der Waals surface area contributed by atoms with Gasteiger partial charge in [-0.15, -0.1) is 5.10 Å². The van der Waals surface area contributed by atoms with Gasteiger partial charge in [-0.1, -0.05) is 17.4 Å². The lowest BCUT2D eigenvalue weighted by Gasteiger charge is -2.41. The zero-order valence-electron chi connectivity index (χ0n) is 23.3. The normalized spacial score (nSPS) is 19.2. The predicted molar refractivity (Wildman–Crippen MR) is 143 cm³/mol. The summed E-state index contributed by atoms with van der Waals surface area (Å²) in [7, 11) is 0. The highest BCUT2D eigenvalue weighted by atomic mass is 16.5. The number of hydrogen-bond acceptors (Lipinski definition) is 9. The average molecular weight is 540 g/mol. The Balaban J connectivity index is 1.62. The third kappa shape index (κ3) is 6.13. The number of carbonyl (C=O) groups is 1. The second-order valence-electron chi connectivity index (χ2n) is 11.4. The fraction of sp³-hybridized carbons (Fsp3) is 0.593. The van der Waals surface area contributed by atoms with Gasteiger partial charge in [0.1, 0.15) is 11.5 Å². The Hall–Kier alpha value is -3.35. The van der Waals surface area contributed by atoms with Crippen molar-refractivity contribution in [2.24, 2.45) is 0 Å². The molecule has 1 N–H and O–H groups in total. The summed E-state index contributed by atoms with van der Waals surface area (Å²) in [5, 5.41) is 23.6. The molecule has 3 aromatic rings. The topological polar surface area (TPSA) is 129 Å². The molecule has 0 radical (unpaired) electrons. The number of hydrogen-bond donors (Lipinski definition) is 1. The number of carboxylic acids is 1. The molecule has 0 spiro atoms. The van der Waals surface area contributed by atoms with E-state index in [1.54, 1.807) is 9.20 Å². The lowest BCUT2D eigenvalue weighted by Crippen LogP contribution is -2.45. The molecule has 0 saturated carbocycles. The minimum atomic E-state index is -1.21. The van der Waals surface area contributed by atoms with Crippen molar-refractivity contribution in [3.8, 4) is 0 Å². The molecule has 0 aromatic carbocycles. The second kappa shape index (κ2) is 10.7. The van der Waals surface area contributed by atoms with Crippen LogP contribution in [0.3, 0.4) is 0 Å². The van der Waals surface area contributed by atoms with Gasteiger partial charge < -0.3 is 24.2 Å². The lowest BCUT2D eigenvalue weighted by atomic mass is 9.92. The molecule has 12 heteroatoms. The summed E-state index contributed by atoms with van der Waals surface area (Å²) < 4.78 is 21.5. The largest absolute Gasteiger partial charge is 0.479 e. The Labute approximate surface area is 227 Å². The summed E-state index contributed by atoms with van der Waals surface area (Å²) in [5.74, 6) is -0.379. The first kappa shape index (κ1) is 27.2. The first-order chi connectivity index (χ1) is 18.5. The summed E-state index contributed by atoms with van der Waals surface area (Å²) in [4.78, 5) is 19.5. The number of carboxylic acid groups (broad SMARTS) is 1.